The van der Waals surface area contributed by atoms with Crippen molar-refractivity contribution >= 4 is 11.9 Å². The Morgan fingerprint density at radius 2 is 1.76 bits per heavy atom. The molecule has 1 aliphatic heterocycles. The van der Waals surface area contributed by atoms with Crippen molar-refractivity contribution in [2.24, 2.45) is 11.8 Å². The fourth-order valence-corrected chi connectivity index (χ4v) is 2.90. The molecular weight excluding hydrogens is 337 g/mol. The third-order valence-electron chi connectivity index (χ3n) is 4.48. The zero-order valence-corrected chi connectivity index (χ0v) is 14.0. The van der Waals surface area contributed by atoms with Crippen molar-refractivity contribution in [1.29, 1.82) is 0 Å². The summed E-state index contributed by atoms with van der Waals surface area (Å²) in [5.74, 6) is -2.86. The number of carbonyl (C=O) groups excluding carboxylic acids is 1. The number of hydrogen-bond donors (Lipinski definition) is 2. The summed E-state index contributed by atoms with van der Waals surface area (Å²) in [6.45, 7) is 4.59. The van der Waals surface area contributed by atoms with Crippen molar-refractivity contribution in [3.8, 4) is 0 Å². The van der Waals surface area contributed by atoms with Crippen LogP contribution in [0.3, 0.4) is 0 Å². The van der Waals surface area contributed by atoms with Crippen LogP contribution in [-0.2, 0) is 22.3 Å². The van der Waals surface area contributed by atoms with Crippen LogP contribution < -0.4 is 5.32 Å². The van der Waals surface area contributed by atoms with Crippen LogP contribution in [0.1, 0.15) is 25.0 Å². The first-order valence-electron chi connectivity index (χ1n) is 8.00. The van der Waals surface area contributed by atoms with E-state index in [1.807, 2.05) is 18.7 Å². The normalized spacial score (nSPS) is 21.5. The van der Waals surface area contributed by atoms with Crippen LogP contribution in [0, 0.1) is 11.8 Å². The summed E-state index contributed by atoms with van der Waals surface area (Å²) in [5.41, 5.74) is -0.233. The van der Waals surface area contributed by atoms with Gasteiger partial charge in [0.05, 0.1) is 17.4 Å². The molecular formula is C17H21F3N2O3. The summed E-state index contributed by atoms with van der Waals surface area (Å²) in [4.78, 5) is 25.7. The molecule has 1 aromatic rings. The van der Waals surface area contributed by atoms with Crippen LogP contribution in [0.4, 0.5) is 13.2 Å². The van der Waals surface area contributed by atoms with E-state index in [1.54, 1.807) is 0 Å². The van der Waals surface area contributed by atoms with Crippen molar-refractivity contribution in [3.63, 3.8) is 0 Å². The molecule has 25 heavy (non-hydrogen) atoms. The number of hydrogen-bond acceptors (Lipinski definition) is 3. The molecule has 138 valence electrons. The SMILES string of the molecule is CC(C)N1C[C@H](C(=O)NCc2ccc(C(F)(F)F)cc2)[C@H](C(=O)O)C1. The van der Waals surface area contributed by atoms with E-state index >= 15 is 0 Å². The summed E-state index contributed by atoms with van der Waals surface area (Å²) in [6, 6.07) is 4.64. The predicted octanol–water partition coefficient (Wildman–Crippen LogP) is 2.36. The fraction of sp³-hybridized carbons (Fsp3) is 0.529. The molecule has 8 heteroatoms. The van der Waals surface area contributed by atoms with Gasteiger partial charge in [0.1, 0.15) is 0 Å². The van der Waals surface area contributed by atoms with Crippen LogP contribution in [0.2, 0.25) is 0 Å². The first kappa shape index (κ1) is 19.2. The highest BCUT2D eigenvalue weighted by molar-refractivity contribution is 5.85. The van der Waals surface area contributed by atoms with E-state index in [2.05, 4.69) is 5.32 Å². The lowest BCUT2D eigenvalue weighted by molar-refractivity contribution is -0.145. The van der Waals surface area contributed by atoms with Gasteiger partial charge in [0.15, 0.2) is 0 Å². The number of carboxylic acid groups (broad SMARTS) is 1. The zero-order valence-electron chi connectivity index (χ0n) is 14.0. The number of amides is 1. The van der Waals surface area contributed by atoms with Crippen LogP contribution in [0.5, 0.6) is 0 Å². The molecule has 0 spiro atoms. The molecule has 0 unspecified atom stereocenters. The van der Waals surface area contributed by atoms with Gasteiger partial charge in [-0.05, 0) is 31.5 Å². The van der Waals surface area contributed by atoms with E-state index in [0.29, 0.717) is 18.7 Å². The largest absolute Gasteiger partial charge is 0.481 e. The Morgan fingerprint density at radius 3 is 2.24 bits per heavy atom. The van der Waals surface area contributed by atoms with Gasteiger partial charge >= 0.3 is 12.1 Å². The van der Waals surface area contributed by atoms with E-state index in [0.717, 1.165) is 12.1 Å². The van der Waals surface area contributed by atoms with Gasteiger partial charge in [-0.3, -0.25) is 14.5 Å². The maximum absolute atomic E-state index is 12.5. The molecule has 2 N–H and O–H groups in total. The number of nitrogens with zero attached hydrogens (tertiary/aromatic N) is 1. The topological polar surface area (TPSA) is 69.6 Å². The fourth-order valence-electron chi connectivity index (χ4n) is 2.90. The Hall–Kier alpha value is -2.09. The molecule has 2 atom stereocenters. The molecule has 0 aliphatic carbocycles. The maximum Gasteiger partial charge on any atom is 0.416 e. The molecule has 1 saturated heterocycles. The van der Waals surface area contributed by atoms with Gasteiger partial charge in [-0.1, -0.05) is 12.1 Å². The zero-order chi connectivity index (χ0) is 18.8. The van der Waals surface area contributed by atoms with Crippen LogP contribution in [0.25, 0.3) is 0 Å². The summed E-state index contributed by atoms with van der Waals surface area (Å²) in [5, 5.41) is 11.9. The highest BCUT2D eigenvalue weighted by Crippen LogP contribution is 2.29. The minimum Gasteiger partial charge on any atom is -0.481 e. The number of benzene rings is 1. The van der Waals surface area contributed by atoms with E-state index < -0.39 is 35.5 Å². The summed E-state index contributed by atoms with van der Waals surface area (Å²) in [7, 11) is 0. The van der Waals surface area contributed by atoms with Gasteiger partial charge in [0.25, 0.3) is 0 Å². The molecule has 1 aromatic carbocycles. The van der Waals surface area contributed by atoms with E-state index in [9.17, 15) is 27.9 Å². The van der Waals surface area contributed by atoms with Crippen molar-refractivity contribution in [2.75, 3.05) is 13.1 Å². The molecule has 5 nitrogen and oxygen atoms in total. The van der Waals surface area contributed by atoms with Crippen LogP contribution in [-0.4, -0.2) is 41.0 Å². The Balaban J connectivity index is 1.98. The van der Waals surface area contributed by atoms with Gasteiger partial charge in [-0.25, -0.2) is 0 Å². The van der Waals surface area contributed by atoms with Gasteiger partial charge in [0, 0.05) is 25.7 Å². The molecule has 2 rings (SSSR count). The number of alkyl halides is 3. The standard InChI is InChI=1S/C17H21F3N2O3/c1-10(2)22-8-13(14(9-22)16(24)25)15(23)21-7-11-3-5-12(6-4-11)17(18,19)20/h3-6,10,13-14H,7-9H2,1-2H3,(H,21,23)(H,24,25)/t13-,14+/m0/s1. The summed E-state index contributed by atoms with van der Waals surface area (Å²) in [6.07, 6.45) is -4.40. The first-order chi connectivity index (χ1) is 11.6. The van der Waals surface area contributed by atoms with Gasteiger partial charge in [-0.15, -0.1) is 0 Å². The maximum atomic E-state index is 12.5. The highest BCUT2D eigenvalue weighted by atomic mass is 19.4. The molecule has 0 radical (unpaired) electrons. The van der Waals surface area contributed by atoms with Crippen LogP contribution in [0.15, 0.2) is 24.3 Å². The third kappa shape index (κ3) is 4.72. The Kier molecular flexibility index (Phi) is 5.72. The Bertz CT molecular complexity index is 629. The third-order valence-corrected chi connectivity index (χ3v) is 4.48. The number of rotatable bonds is 5. The highest BCUT2D eigenvalue weighted by Gasteiger charge is 2.42. The minimum atomic E-state index is -4.40. The molecule has 1 aliphatic rings. The number of halogens is 3. The lowest BCUT2D eigenvalue weighted by Gasteiger charge is -2.19. The quantitative estimate of drug-likeness (QED) is 0.848. The van der Waals surface area contributed by atoms with Crippen molar-refractivity contribution in [3.05, 3.63) is 35.4 Å². The van der Waals surface area contributed by atoms with Crippen molar-refractivity contribution in [2.45, 2.75) is 32.6 Å². The minimum absolute atomic E-state index is 0.0570. The summed E-state index contributed by atoms with van der Waals surface area (Å²) >= 11 is 0. The molecule has 1 fully saturated rings. The molecule has 0 bridgehead atoms. The monoisotopic (exact) mass is 358 g/mol. The van der Waals surface area contributed by atoms with Crippen molar-refractivity contribution in [1.82, 2.24) is 10.2 Å². The molecule has 1 amide bonds. The first-order valence-corrected chi connectivity index (χ1v) is 8.00. The van der Waals surface area contributed by atoms with E-state index in [4.69, 9.17) is 0 Å². The number of nitrogens with one attached hydrogen (secondary N) is 1. The van der Waals surface area contributed by atoms with Gasteiger partial charge in [-0.2, -0.15) is 13.2 Å². The number of likely N-dealkylation sites (tertiary alicyclic amines) is 1. The van der Waals surface area contributed by atoms with Crippen molar-refractivity contribution < 1.29 is 27.9 Å². The number of carboxylic acids is 1. The lowest BCUT2D eigenvalue weighted by atomic mass is 9.95. The van der Waals surface area contributed by atoms with E-state index in [1.165, 1.54) is 12.1 Å². The van der Waals surface area contributed by atoms with Gasteiger partial charge < -0.3 is 10.4 Å². The smallest absolute Gasteiger partial charge is 0.416 e. The van der Waals surface area contributed by atoms with Gasteiger partial charge in [0.2, 0.25) is 5.91 Å². The number of aliphatic carboxylic acids is 1. The molecule has 1 heterocycles. The van der Waals surface area contributed by atoms with E-state index in [-0.39, 0.29) is 12.6 Å². The second-order valence-electron chi connectivity index (χ2n) is 6.51. The van der Waals surface area contributed by atoms with Crippen LogP contribution >= 0.6 is 0 Å². The second-order valence-corrected chi connectivity index (χ2v) is 6.51. The average molecular weight is 358 g/mol. The molecule has 0 aromatic heterocycles. The Labute approximate surface area is 143 Å². The average Bonchev–Trinajstić information content (AvgIpc) is 2.98. The Morgan fingerprint density at radius 1 is 1.20 bits per heavy atom. The summed E-state index contributed by atoms with van der Waals surface area (Å²) < 4.78 is 37.6. The molecule has 0 saturated carbocycles. The predicted molar refractivity (Wildman–Crippen MR) is 84.6 cm³/mol. The lowest BCUT2D eigenvalue weighted by Crippen LogP contribution is -2.37. The number of carbonyl (C=O) groups is 2. The second kappa shape index (κ2) is 7.43.